The van der Waals surface area contributed by atoms with Crippen molar-refractivity contribution in [2.45, 2.75) is 232 Å². The Morgan fingerprint density at radius 2 is 0.703 bits per heavy atom. The molecule has 64 heavy (non-hydrogen) atoms. The standard InChI is InChI=1S/C59H98O5/c1-4-7-10-13-16-19-22-25-28-30-32-34-37-40-43-46-49-52-58(60)63-56-57(55-62-54-51-48-45-42-39-36-27-24-21-18-15-12-9-6-3)64-59(61)53-50-47-44-41-38-35-33-31-29-26-23-20-17-14-11-8-5-2/h7,9-10,12,16-21,25-29,36,42,45,57H,4-6,8,11,13-15,22-24,30-35,37-41,43-44,46-56H2,1-3H3/b10-7-,12-9-,19-16-,20-17-,21-18-,28-25-,29-26-,36-27-,45-42-. The Hall–Kier alpha value is -3.44. The maximum absolute atomic E-state index is 12.8. The molecule has 5 heteroatoms. The van der Waals surface area contributed by atoms with E-state index in [4.69, 9.17) is 14.2 Å². The maximum atomic E-state index is 12.8. The normalized spacial score (nSPS) is 13.1. The van der Waals surface area contributed by atoms with Gasteiger partial charge in [-0.15, -0.1) is 0 Å². The summed E-state index contributed by atoms with van der Waals surface area (Å²) in [4.78, 5) is 25.4. The molecule has 0 saturated heterocycles. The average Bonchev–Trinajstić information content (AvgIpc) is 3.30. The molecule has 0 fully saturated rings. The molecule has 0 bridgehead atoms. The number of hydrogen-bond acceptors (Lipinski definition) is 5. The molecule has 0 spiro atoms. The molecule has 0 N–H and O–H groups in total. The Labute approximate surface area is 395 Å². The number of carbonyl (C=O) groups is 2. The highest BCUT2D eigenvalue weighted by Gasteiger charge is 2.17. The first-order valence-corrected chi connectivity index (χ1v) is 26.4. The van der Waals surface area contributed by atoms with Crippen LogP contribution < -0.4 is 0 Å². The third kappa shape index (κ3) is 51.2. The van der Waals surface area contributed by atoms with Gasteiger partial charge in [0.05, 0.1) is 6.61 Å². The van der Waals surface area contributed by atoms with Gasteiger partial charge in [0.1, 0.15) is 6.61 Å². The minimum atomic E-state index is -0.580. The largest absolute Gasteiger partial charge is 0.462 e. The monoisotopic (exact) mass is 887 g/mol. The van der Waals surface area contributed by atoms with Crippen molar-refractivity contribution >= 4 is 11.9 Å². The van der Waals surface area contributed by atoms with Crippen molar-refractivity contribution in [3.05, 3.63) is 109 Å². The summed E-state index contributed by atoms with van der Waals surface area (Å²) in [5, 5.41) is 0. The molecule has 0 amide bonds. The number of rotatable bonds is 47. The summed E-state index contributed by atoms with van der Waals surface area (Å²) in [6.07, 6.45) is 73.9. The maximum Gasteiger partial charge on any atom is 0.306 e. The van der Waals surface area contributed by atoms with E-state index in [1.54, 1.807) is 0 Å². The topological polar surface area (TPSA) is 61.8 Å². The van der Waals surface area contributed by atoms with Gasteiger partial charge in [-0.3, -0.25) is 9.59 Å². The van der Waals surface area contributed by atoms with E-state index in [0.29, 0.717) is 19.4 Å². The third-order valence-corrected chi connectivity index (χ3v) is 10.8. The molecule has 0 radical (unpaired) electrons. The van der Waals surface area contributed by atoms with Crippen LogP contribution >= 0.6 is 0 Å². The van der Waals surface area contributed by atoms with Crippen LogP contribution in [0, 0.1) is 0 Å². The van der Waals surface area contributed by atoms with E-state index in [-0.39, 0.29) is 25.2 Å². The zero-order valence-electron chi connectivity index (χ0n) is 41.8. The van der Waals surface area contributed by atoms with Gasteiger partial charge in [0.25, 0.3) is 0 Å². The van der Waals surface area contributed by atoms with Crippen LogP contribution in [-0.4, -0.2) is 37.9 Å². The number of unbranched alkanes of at least 4 members (excludes halogenated alkanes) is 18. The van der Waals surface area contributed by atoms with Crippen molar-refractivity contribution in [1.82, 2.24) is 0 Å². The Morgan fingerprint density at radius 1 is 0.359 bits per heavy atom. The van der Waals surface area contributed by atoms with Crippen LogP contribution in [0.3, 0.4) is 0 Å². The van der Waals surface area contributed by atoms with Gasteiger partial charge in [0.2, 0.25) is 0 Å². The van der Waals surface area contributed by atoms with E-state index in [0.717, 1.165) is 116 Å². The number of carbonyl (C=O) groups excluding carboxylic acids is 2. The fourth-order valence-electron chi connectivity index (χ4n) is 6.91. The molecular formula is C59H98O5. The van der Waals surface area contributed by atoms with Crippen LogP contribution in [0.4, 0.5) is 0 Å². The van der Waals surface area contributed by atoms with E-state index in [9.17, 15) is 9.59 Å². The fourth-order valence-corrected chi connectivity index (χ4v) is 6.91. The summed E-state index contributed by atoms with van der Waals surface area (Å²) >= 11 is 0. The van der Waals surface area contributed by atoms with Gasteiger partial charge in [-0.2, -0.15) is 0 Å². The highest BCUT2D eigenvalue weighted by molar-refractivity contribution is 5.70. The quantitative estimate of drug-likeness (QED) is 0.0346. The van der Waals surface area contributed by atoms with Gasteiger partial charge < -0.3 is 14.2 Å². The Kier molecular flexibility index (Phi) is 51.0. The highest BCUT2D eigenvalue weighted by atomic mass is 16.6. The van der Waals surface area contributed by atoms with Crippen LogP contribution in [0.1, 0.15) is 226 Å². The van der Waals surface area contributed by atoms with E-state index in [1.165, 1.54) is 77.0 Å². The molecule has 364 valence electrons. The van der Waals surface area contributed by atoms with E-state index in [2.05, 4.69) is 130 Å². The Morgan fingerprint density at radius 3 is 1.12 bits per heavy atom. The van der Waals surface area contributed by atoms with Crippen LogP contribution in [-0.2, 0) is 23.8 Å². The first-order valence-electron chi connectivity index (χ1n) is 26.4. The molecule has 0 aliphatic rings. The molecule has 0 aliphatic carbocycles. The Bertz CT molecular complexity index is 1280. The molecule has 0 rings (SSSR count). The zero-order valence-corrected chi connectivity index (χ0v) is 41.8. The molecule has 0 saturated carbocycles. The number of hydrogen-bond donors (Lipinski definition) is 0. The first kappa shape index (κ1) is 60.6. The van der Waals surface area contributed by atoms with Gasteiger partial charge in [-0.25, -0.2) is 0 Å². The zero-order chi connectivity index (χ0) is 46.3. The molecule has 5 nitrogen and oxygen atoms in total. The summed E-state index contributed by atoms with van der Waals surface area (Å²) in [7, 11) is 0. The van der Waals surface area contributed by atoms with Crippen molar-refractivity contribution in [3.8, 4) is 0 Å². The van der Waals surface area contributed by atoms with Crippen molar-refractivity contribution in [1.29, 1.82) is 0 Å². The van der Waals surface area contributed by atoms with E-state index >= 15 is 0 Å². The van der Waals surface area contributed by atoms with E-state index < -0.39 is 6.10 Å². The van der Waals surface area contributed by atoms with Crippen LogP contribution in [0.15, 0.2) is 109 Å². The van der Waals surface area contributed by atoms with Crippen LogP contribution in [0.25, 0.3) is 0 Å². The highest BCUT2D eigenvalue weighted by Crippen LogP contribution is 2.13. The summed E-state index contributed by atoms with van der Waals surface area (Å²) in [5.41, 5.74) is 0. The lowest BCUT2D eigenvalue weighted by atomic mass is 10.1. The molecule has 1 atom stereocenters. The third-order valence-electron chi connectivity index (χ3n) is 10.8. The lowest BCUT2D eigenvalue weighted by Gasteiger charge is -2.18. The SMILES string of the molecule is CC/C=C\C/C=C\C/C=C\C/C=C\CCCOCC(COC(=O)CCCCCCCCC/C=C\C/C=C\C/C=C\CC)OC(=O)CCCCCCCCC/C=C\C/C=C\CCCCC. The second-order valence-corrected chi connectivity index (χ2v) is 17.0. The van der Waals surface area contributed by atoms with Gasteiger partial charge >= 0.3 is 11.9 Å². The van der Waals surface area contributed by atoms with Gasteiger partial charge in [-0.05, 0) is 116 Å². The molecule has 0 aromatic heterocycles. The average molecular weight is 887 g/mol. The van der Waals surface area contributed by atoms with E-state index in [1.807, 2.05) is 0 Å². The van der Waals surface area contributed by atoms with Crippen molar-refractivity contribution < 1.29 is 23.8 Å². The van der Waals surface area contributed by atoms with Gasteiger partial charge in [0.15, 0.2) is 6.10 Å². The smallest absolute Gasteiger partial charge is 0.306 e. The van der Waals surface area contributed by atoms with Crippen molar-refractivity contribution in [2.24, 2.45) is 0 Å². The summed E-state index contributed by atoms with van der Waals surface area (Å²) < 4.78 is 17.3. The number of allylic oxidation sites excluding steroid dienone is 18. The minimum absolute atomic E-state index is 0.0490. The molecule has 0 aliphatic heterocycles. The first-order chi connectivity index (χ1) is 31.6. The number of ether oxygens (including phenoxy) is 3. The predicted octanol–water partition coefficient (Wildman–Crippen LogP) is 18.0. The number of esters is 2. The second kappa shape index (κ2) is 53.9. The van der Waals surface area contributed by atoms with Crippen molar-refractivity contribution in [2.75, 3.05) is 19.8 Å². The molecule has 0 aromatic rings. The molecule has 1 unspecified atom stereocenters. The summed E-state index contributed by atoms with van der Waals surface area (Å²) in [6.45, 7) is 7.42. The molecule has 0 heterocycles. The Balaban J connectivity index is 4.38. The lowest BCUT2D eigenvalue weighted by Crippen LogP contribution is -2.30. The van der Waals surface area contributed by atoms with Crippen LogP contribution in [0.2, 0.25) is 0 Å². The predicted molar refractivity (Wildman–Crippen MR) is 279 cm³/mol. The summed E-state index contributed by atoms with van der Waals surface area (Å²) in [6, 6.07) is 0. The minimum Gasteiger partial charge on any atom is -0.462 e. The molecule has 0 aromatic carbocycles. The second-order valence-electron chi connectivity index (χ2n) is 17.0. The molecular weight excluding hydrogens is 789 g/mol. The summed E-state index contributed by atoms with van der Waals surface area (Å²) in [5.74, 6) is -0.452. The van der Waals surface area contributed by atoms with Crippen molar-refractivity contribution in [3.63, 3.8) is 0 Å². The lowest BCUT2D eigenvalue weighted by molar-refractivity contribution is -0.163. The van der Waals surface area contributed by atoms with Gasteiger partial charge in [0, 0.05) is 19.4 Å². The van der Waals surface area contributed by atoms with Crippen LogP contribution in [0.5, 0.6) is 0 Å². The fraction of sp³-hybridized carbons (Fsp3) is 0.661. The van der Waals surface area contributed by atoms with Gasteiger partial charge in [-0.1, -0.05) is 207 Å².